The summed E-state index contributed by atoms with van der Waals surface area (Å²) >= 11 is 0. The Balaban J connectivity index is 2.36. The van der Waals surface area contributed by atoms with Gasteiger partial charge in [0.15, 0.2) is 6.29 Å². The summed E-state index contributed by atoms with van der Waals surface area (Å²) in [6.45, 7) is 2.05. The molecule has 1 atom stereocenters. The lowest BCUT2D eigenvalue weighted by atomic mass is 10.1. The molecule has 0 saturated heterocycles. The lowest BCUT2D eigenvalue weighted by Gasteiger charge is -2.14. The molecular weight excluding hydrogens is 188 g/mol. The average molecular weight is 200 g/mol. The van der Waals surface area contributed by atoms with E-state index < -0.39 is 0 Å². The number of aldehydes is 1. The predicted molar refractivity (Wildman–Crippen MR) is 57.9 cm³/mol. The SMILES string of the molecule is C[C@H](c1ccccc1)n1cncc1C=O. The zero-order valence-electron chi connectivity index (χ0n) is 8.50. The fourth-order valence-electron chi connectivity index (χ4n) is 1.62. The molecule has 1 aromatic heterocycles. The number of imidazole rings is 1. The summed E-state index contributed by atoms with van der Waals surface area (Å²) in [6.07, 6.45) is 4.08. The molecule has 0 bridgehead atoms. The van der Waals surface area contributed by atoms with E-state index in [0.717, 1.165) is 6.29 Å². The van der Waals surface area contributed by atoms with Crippen molar-refractivity contribution in [2.24, 2.45) is 0 Å². The van der Waals surface area contributed by atoms with Gasteiger partial charge in [-0.3, -0.25) is 4.79 Å². The van der Waals surface area contributed by atoms with Gasteiger partial charge in [0.05, 0.1) is 18.6 Å². The monoisotopic (exact) mass is 200 g/mol. The molecule has 3 nitrogen and oxygen atoms in total. The molecule has 0 aliphatic rings. The van der Waals surface area contributed by atoms with Crippen LogP contribution in [0.1, 0.15) is 29.0 Å². The summed E-state index contributed by atoms with van der Waals surface area (Å²) in [5, 5.41) is 0. The van der Waals surface area contributed by atoms with Crippen molar-refractivity contribution in [3.05, 3.63) is 54.1 Å². The van der Waals surface area contributed by atoms with Crippen LogP contribution < -0.4 is 0 Å². The molecule has 0 N–H and O–H groups in total. The van der Waals surface area contributed by atoms with Crippen molar-refractivity contribution in [2.75, 3.05) is 0 Å². The van der Waals surface area contributed by atoms with Crippen LogP contribution in [0.25, 0.3) is 0 Å². The number of benzene rings is 1. The van der Waals surface area contributed by atoms with Crippen LogP contribution in [0.15, 0.2) is 42.9 Å². The molecule has 3 heteroatoms. The molecule has 0 amide bonds. The van der Waals surface area contributed by atoms with Gasteiger partial charge in [-0.2, -0.15) is 0 Å². The van der Waals surface area contributed by atoms with Crippen LogP contribution in [-0.2, 0) is 0 Å². The van der Waals surface area contributed by atoms with E-state index in [9.17, 15) is 4.79 Å². The number of nitrogens with zero attached hydrogens (tertiary/aromatic N) is 2. The minimum absolute atomic E-state index is 0.133. The molecule has 76 valence electrons. The first-order valence-corrected chi connectivity index (χ1v) is 4.85. The van der Waals surface area contributed by atoms with Crippen LogP contribution in [0.2, 0.25) is 0 Å². The first-order chi connectivity index (χ1) is 7.33. The van der Waals surface area contributed by atoms with Gasteiger partial charge in [0.25, 0.3) is 0 Å². The summed E-state index contributed by atoms with van der Waals surface area (Å²) in [5.74, 6) is 0. The normalized spacial score (nSPS) is 12.3. The van der Waals surface area contributed by atoms with Crippen molar-refractivity contribution in [1.29, 1.82) is 0 Å². The van der Waals surface area contributed by atoms with Crippen LogP contribution >= 0.6 is 0 Å². The molecule has 0 aliphatic carbocycles. The van der Waals surface area contributed by atoms with Crippen LogP contribution in [0, 0.1) is 0 Å². The number of hydrogen-bond acceptors (Lipinski definition) is 2. The van der Waals surface area contributed by atoms with E-state index in [2.05, 4.69) is 4.98 Å². The van der Waals surface area contributed by atoms with Crippen molar-refractivity contribution < 1.29 is 4.79 Å². The molecule has 15 heavy (non-hydrogen) atoms. The Kier molecular flexibility index (Phi) is 2.63. The van der Waals surface area contributed by atoms with Crippen LogP contribution in [0.5, 0.6) is 0 Å². The van der Waals surface area contributed by atoms with E-state index in [-0.39, 0.29) is 6.04 Å². The lowest BCUT2D eigenvalue weighted by molar-refractivity contribution is 0.111. The highest BCUT2D eigenvalue weighted by molar-refractivity contribution is 5.71. The van der Waals surface area contributed by atoms with Crippen molar-refractivity contribution >= 4 is 6.29 Å². The van der Waals surface area contributed by atoms with E-state index in [0.29, 0.717) is 5.69 Å². The van der Waals surface area contributed by atoms with Gasteiger partial charge in [-0.05, 0) is 12.5 Å². The van der Waals surface area contributed by atoms with Gasteiger partial charge >= 0.3 is 0 Å². The maximum absolute atomic E-state index is 10.8. The van der Waals surface area contributed by atoms with Crippen molar-refractivity contribution in [3.8, 4) is 0 Å². The van der Waals surface area contributed by atoms with Gasteiger partial charge < -0.3 is 4.57 Å². The van der Waals surface area contributed by atoms with E-state index in [1.54, 1.807) is 12.5 Å². The summed E-state index contributed by atoms with van der Waals surface area (Å²) < 4.78 is 1.86. The van der Waals surface area contributed by atoms with Gasteiger partial charge in [-0.1, -0.05) is 30.3 Å². The predicted octanol–water partition coefficient (Wildman–Crippen LogP) is 2.30. The quantitative estimate of drug-likeness (QED) is 0.712. The Bertz CT molecular complexity index is 448. The van der Waals surface area contributed by atoms with Crippen LogP contribution in [-0.4, -0.2) is 15.8 Å². The average Bonchev–Trinajstić information content (AvgIpc) is 2.77. The molecule has 1 heterocycles. The van der Waals surface area contributed by atoms with Crippen LogP contribution in [0.3, 0.4) is 0 Å². The highest BCUT2D eigenvalue weighted by Crippen LogP contribution is 2.18. The molecule has 2 rings (SSSR count). The number of rotatable bonds is 3. The summed E-state index contributed by atoms with van der Waals surface area (Å²) in [7, 11) is 0. The summed E-state index contributed by atoms with van der Waals surface area (Å²) in [5.41, 5.74) is 1.77. The molecule has 0 unspecified atom stereocenters. The molecule has 0 saturated carbocycles. The van der Waals surface area contributed by atoms with Gasteiger partial charge in [-0.15, -0.1) is 0 Å². The molecule has 0 fully saturated rings. The highest BCUT2D eigenvalue weighted by atomic mass is 16.1. The van der Waals surface area contributed by atoms with Crippen LogP contribution in [0.4, 0.5) is 0 Å². The zero-order chi connectivity index (χ0) is 10.7. The lowest BCUT2D eigenvalue weighted by Crippen LogP contribution is -2.08. The third kappa shape index (κ3) is 1.81. The molecular formula is C12H12N2O. The van der Waals surface area contributed by atoms with Gasteiger partial charge in [-0.25, -0.2) is 4.98 Å². The largest absolute Gasteiger partial charge is 0.321 e. The third-order valence-electron chi connectivity index (χ3n) is 2.52. The molecule has 2 aromatic rings. The fourth-order valence-corrected chi connectivity index (χ4v) is 1.62. The molecule has 0 spiro atoms. The summed E-state index contributed by atoms with van der Waals surface area (Å²) in [6, 6.07) is 10.2. The third-order valence-corrected chi connectivity index (χ3v) is 2.52. The van der Waals surface area contributed by atoms with E-state index >= 15 is 0 Å². The Morgan fingerprint density at radius 2 is 2.07 bits per heavy atom. The second kappa shape index (κ2) is 4.09. The molecule has 0 aliphatic heterocycles. The van der Waals surface area contributed by atoms with Gasteiger partial charge in [0, 0.05) is 0 Å². The number of carbonyl (C=O) groups excluding carboxylic acids is 1. The molecule has 1 aromatic carbocycles. The first-order valence-electron chi connectivity index (χ1n) is 4.85. The van der Waals surface area contributed by atoms with E-state index in [4.69, 9.17) is 0 Å². The smallest absolute Gasteiger partial charge is 0.168 e. The van der Waals surface area contributed by atoms with E-state index in [1.807, 2.05) is 41.8 Å². The first kappa shape index (κ1) is 9.65. The number of hydrogen-bond donors (Lipinski definition) is 0. The number of carbonyl (C=O) groups is 1. The zero-order valence-corrected chi connectivity index (χ0v) is 8.50. The maximum Gasteiger partial charge on any atom is 0.168 e. The minimum Gasteiger partial charge on any atom is -0.321 e. The van der Waals surface area contributed by atoms with Gasteiger partial charge in [0.1, 0.15) is 5.69 Å². The maximum atomic E-state index is 10.8. The molecule has 0 radical (unpaired) electrons. The van der Waals surface area contributed by atoms with Crippen molar-refractivity contribution in [3.63, 3.8) is 0 Å². The Labute approximate surface area is 88.4 Å². The Morgan fingerprint density at radius 3 is 2.73 bits per heavy atom. The number of aromatic nitrogens is 2. The van der Waals surface area contributed by atoms with E-state index in [1.165, 1.54) is 5.56 Å². The topological polar surface area (TPSA) is 34.9 Å². The highest BCUT2D eigenvalue weighted by Gasteiger charge is 2.10. The standard InChI is InChI=1S/C12H12N2O/c1-10(11-5-3-2-4-6-11)14-9-13-7-12(14)8-15/h2-10H,1H3/t10-/m1/s1. The second-order valence-corrected chi connectivity index (χ2v) is 3.43. The Hall–Kier alpha value is -1.90. The summed E-state index contributed by atoms with van der Waals surface area (Å²) in [4.78, 5) is 14.7. The van der Waals surface area contributed by atoms with Gasteiger partial charge in [0.2, 0.25) is 0 Å². The second-order valence-electron chi connectivity index (χ2n) is 3.43. The Morgan fingerprint density at radius 1 is 1.33 bits per heavy atom. The fraction of sp³-hybridized carbons (Fsp3) is 0.167. The minimum atomic E-state index is 0.133. The van der Waals surface area contributed by atoms with Crippen molar-refractivity contribution in [2.45, 2.75) is 13.0 Å². The van der Waals surface area contributed by atoms with Crippen molar-refractivity contribution in [1.82, 2.24) is 9.55 Å².